The Kier molecular flexibility index (Phi) is 8.42. The second-order valence-corrected chi connectivity index (χ2v) is 12.2. The molecule has 9 nitrogen and oxygen atoms in total. The van der Waals surface area contributed by atoms with Gasteiger partial charge in [-0.25, -0.2) is 8.42 Å². The van der Waals surface area contributed by atoms with Crippen molar-refractivity contribution in [1.82, 2.24) is 19.3 Å². The Morgan fingerprint density at radius 1 is 1.00 bits per heavy atom. The van der Waals surface area contributed by atoms with Gasteiger partial charge in [0.2, 0.25) is 27.6 Å². The molecular weight excluding hydrogens is 526 g/mol. The Balaban J connectivity index is 1.17. The molecule has 0 aliphatic carbocycles. The molecule has 11 heteroatoms. The molecule has 2 aliphatic rings. The summed E-state index contributed by atoms with van der Waals surface area (Å²) < 4.78 is 33.0. The van der Waals surface area contributed by atoms with Gasteiger partial charge in [0.05, 0.1) is 22.4 Å². The fourth-order valence-corrected chi connectivity index (χ4v) is 6.80. The molecule has 3 heterocycles. The molecule has 2 fully saturated rings. The first-order valence-electron chi connectivity index (χ1n) is 13.1. The number of hydrogen-bond donors (Lipinski definition) is 1. The van der Waals surface area contributed by atoms with E-state index in [1.165, 1.54) is 0 Å². The van der Waals surface area contributed by atoms with Crippen LogP contribution >= 0.6 is 11.6 Å². The van der Waals surface area contributed by atoms with Crippen molar-refractivity contribution in [3.05, 3.63) is 59.4 Å². The molecule has 1 N–H and O–H groups in total. The highest BCUT2D eigenvalue weighted by Crippen LogP contribution is 2.26. The van der Waals surface area contributed by atoms with Crippen LogP contribution in [-0.4, -0.2) is 59.8 Å². The molecule has 2 saturated heterocycles. The number of rotatable bonds is 7. The molecule has 0 radical (unpaired) electrons. The molecule has 3 aromatic rings. The summed E-state index contributed by atoms with van der Waals surface area (Å²) in [6.45, 7) is 2.96. The maximum atomic E-state index is 13.0. The number of nitrogens with one attached hydrogen (secondary N) is 1. The average molecular weight is 558 g/mol. The van der Waals surface area contributed by atoms with Gasteiger partial charge in [0.25, 0.3) is 0 Å². The first-order chi connectivity index (χ1) is 18.4. The maximum absolute atomic E-state index is 13.0. The van der Waals surface area contributed by atoms with E-state index >= 15 is 0 Å². The van der Waals surface area contributed by atoms with Gasteiger partial charge in [0, 0.05) is 30.9 Å². The van der Waals surface area contributed by atoms with Crippen LogP contribution in [-0.2, 0) is 21.4 Å². The van der Waals surface area contributed by atoms with E-state index in [1.54, 1.807) is 34.6 Å². The molecule has 1 aromatic heterocycles. The molecule has 202 valence electrons. The lowest BCUT2D eigenvalue weighted by Crippen LogP contribution is -2.40. The third kappa shape index (κ3) is 6.26. The largest absolute Gasteiger partial charge is 0.338 e. The minimum Gasteiger partial charge on any atom is -0.338 e. The molecular formula is C27H32ClN5O4S. The number of sulfonamides is 1. The minimum absolute atomic E-state index is 0.0832. The summed E-state index contributed by atoms with van der Waals surface area (Å²) in [6.07, 6.45) is 5.55. The Labute approximate surface area is 228 Å². The van der Waals surface area contributed by atoms with Crippen LogP contribution in [0.4, 0.5) is 5.69 Å². The topological polar surface area (TPSA) is 109 Å². The zero-order chi connectivity index (χ0) is 26.5. The Morgan fingerprint density at radius 2 is 1.74 bits per heavy atom. The Morgan fingerprint density at radius 3 is 2.47 bits per heavy atom. The zero-order valence-corrected chi connectivity index (χ0v) is 22.8. The van der Waals surface area contributed by atoms with Crippen LogP contribution in [0.1, 0.15) is 44.4 Å². The van der Waals surface area contributed by atoms with E-state index in [-0.39, 0.29) is 16.7 Å². The third-order valence-electron chi connectivity index (χ3n) is 7.14. The molecule has 0 spiro atoms. The van der Waals surface area contributed by atoms with Gasteiger partial charge in [0.1, 0.15) is 0 Å². The van der Waals surface area contributed by atoms with E-state index in [2.05, 4.69) is 20.4 Å². The number of aromatic nitrogens is 2. The quantitative estimate of drug-likeness (QED) is 0.444. The molecule has 2 aliphatic heterocycles. The summed E-state index contributed by atoms with van der Waals surface area (Å²) in [6, 6.07) is 13.8. The molecule has 0 saturated carbocycles. The van der Waals surface area contributed by atoms with Crippen LogP contribution in [0.5, 0.6) is 0 Å². The van der Waals surface area contributed by atoms with E-state index in [0.717, 1.165) is 45.1 Å². The van der Waals surface area contributed by atoms with Crippen LogP contribution in [0.15, 0.2) is 57.9 Å². The van der Waals surface area contributed by atoms with Crippen molar-refractivity contribution in [2.45, 2.75) is 50.0 Å². The zero-order valence-electron chi connectivity index (χ0n) is 21.2. The number of benzene rings is 2. The summed E-state index contributed by atoms with van der Waals surface area (Å²) in [5, 5.41) is 7.57. The number of carbonyl (C=O) groups is 1. The number of likely N-dealkylation sites (tertiary alicyclic amines) is 1. The van der Waals surface area contributed by atoms with Crippen LogP contribution in [0, 0.1) is 5.92 Å². The van der Waals surface area contributed by atoms with E-state index in [1.807, 2.05) is 18.2 Å². The second-order valence-electron chi connectivity index (χ2n) is 9.90. The summed E-state index contributed by atoms with van der Waals surface area (Å²) in [7, 11) is -3.52. The van der Waals surface area contributed by atoms with Gasteiger partial charge >= 0.3 is 0 Å². The molecule has 0 bridgehead atoms. The second kappa shape index (κ2) is 11.9. The predicted molar refractivity (Wildman–Crippen MR) is 145 cm³/mol. The van der Waals surface area contributed by atoms with E-state index in [9.17, 15) is 13.2 Å². The fourth-order valence-electron chi connectivity index (χ4n) is 5.06. The minimum atomic E-state index is -3.52. The fraction of sp³-hybridized carbons (Fsp3) is 0.444. The number of piperidine rings is 1. The lowest BCUT2D eigenvalue weighted by atomic mass is 9.97. The van der Waals surface area contributed by atoms with Crippen molar-refractivity contribution in [1.29, 1.82) is 0 Å². The van der Waals surface area contributed by atoms with Gasteiger partial charge in [-0.05, 0) is 68.6 Å². The van der Waals surface area contributed by atoms with Crippen molar-refractivity contribution >= 4 is 33.2 Å². The standard InChI is InChI=1S/C27H32ClN5O4S/c28-24-10-4-3-9-23(24)26-30-25(37-31-26)19-32-15-7-8-20(18-32)27(34)29-21-11-13-22(14-12-21)38(35,36)33-16-5-1-2-6-17-33/h3-4,9-14,20H,1-2,5-8,15-19H2,(H,29,34). The number of anilines is 1. The highest BCUT2D eigenvalue weighted by atomic mass is 35.5. The van der Waals surface area contributed by atoms with Gasteiger partial charge in [-0.2, -0.15) is 9.29 Å². The van der Waals surface area contributed by atoms with Crippen molar-refractivity contribution in [2.24, 2.45) is 5.92 Å². The number of hydrogen-bond acceptors (Lipinski definition) is 7. The highest BCUT2D eigenvalue weighted by Gasteiger charge is 2.28. The Bertz CT molecular complexity index is 1350. The molecule has 1 unspecified atom stereocenters. The molecule has 2 aromatic carbocycles. The van der Waals surface area contributed by atoms with E-state index < -0.39 is 10.0 Å². The van der Waals surface area contributed by atoms with E-state index in [0.29, 0.717) is 54.2 Å². The number of carbonyl (C=O) groups excluding carboxylic acids is 1. The van der Waals surface area contributed by atoms with Gasteiger partial charge < -0.3 is 9.84 Å². The lowest BCUT2D eigenvalue weighted by molar-refractivity contribution is -0.121. The Hall–Kier alpha value is -2.79. The maximum Gasteiger partial charge on any atom is 0.243 e. The third-order valence-corrected chi connectivity index (χ3v) is 9.39. The van der Waals surface area contributed by atoms with Crippen molar-refractivity contribution < 1.29 is 17.7 Å². The molecule has 5 rings (SSSR count). The number of nitrogens with zero attached hydrogens (tertiary/aromatic N) is 4. The smallest absolute Gasteiger partial charge is 0.243 e. The van der Waals surface area contributed by atoms with Gasteiger partial charge in [-0.1, -0.05) is 41.7 Å². The number of amides is 1. The predicted octanol–water partition coefficient (Wildman–Crippen LogP) is 4.81. The summed E-state index contributed by atoms with van der Waals surface area (Å²) in [5.41, 5.74) is 1.30. The van der Waals surface area contributed by atoms with Gasteiger partial charge in [-0.15, -0.1) is 0 Å². The summed E-state index contributed by atoms with van der Waals surface area (Å²) in [4.78, 5) is 19.9. The van der Waals surface area contributed by atoms with Gasteiger partial charge in [-0.3, -0.25) is 9.69 Å². The highest BCUT2D eigenvalue weighted by molar-refractivity contribution is 7.89. The SMILES string of the molecule is O=C(Nc1ccc(S(=O)(=O)N2CCCCCC2)cc1)C1CCCN(Cc2nc(-c3ccccc3Cl)no2)C1. The normalized spacial score (nSPS) is 19.7. The van der Waals surface area contributed by atoms with Crippen molar-refractivity contribution in [2.75, 3.05) is 31.5 Å². The summed E-state index contributed by atoms with van der Waals surface area (Å²) >= 11 is 6.24. The van der Waals surface area contributed by atoms with E-state index in [4.69, 9.17) is 16.1 Å². The summed E-state index contributed by atoms with van der Waals surface area (Å²) in [5.74, 6) is 0.635. The monoisotopic (exact) mass is 557 g/mol. The lowest BCUT2D eigenvalue weighted by Gasteiger charge is -2.30. The first kappa shape index (κ1) is 26.8. The van der Waals surface area contributed by atoms with Crippen molar-refractivity contribution in [3.8, 4) is 11.4 Å². The molecule has 1 atom stereocenters. The van der Waals surface area contributed by atoms with Crippen LogP contribution in [0.25, 0.3) is 11.4 Å². The van der Waals surface area contributed by atoms with Crippen LogP contribution < -0.4 is 5.32 Å². The molecule has 38 heavy (non-hydrogen) atoms. The van der Waals surface area contributed by atoms with Crippen LogP contribution in [0.2, 0.25) is 5.02 Å². The van der Waals surface area contributed by atoms with Crippen LogP contribution in [0.3, 0.4) is 0 Å². The average Bonchev–Trinajstić information content (AvgIpc) is 3.19. The van der Waals surface area contributed by atoms with Gasteiger partial charge in [0.15, 0.2) is 0 Å². The molecule has 1 amide bonds. The number of halogens is 1. The first-order valence-corrected chi connectivity index (χ1v) is 14.9. The van der Waals surface area contributed by atoms with Crippen molar-refractivity contribution in [3.63, 3.8) is 0 Å².